The Morgan fingerprint density at radius 2 is 1.92 bits per heavy atom. The number of hydrogen-bond acceptors (Lipinski definition) is 4. The lowest BCUT2D eigenvalue weighted by atomic mass is 10.1. The Morgan fingerprint density at radius 1 is 1.32 bits per heavy atom. The van der Waals surface area contributed by atoms with Crippen molar-refractivity contribution in [2.75, 3.05) is 17.2 Å². The van der Waals surface area contributed by atoms with Crippen molar-refractivity contribution in [2.45, 2.75) is 66.5 Å². The molecule has 0 saturated heterocycles. The van der Waals surface area contributed by atoms with Crippen molar-refractivity contribution >= 4 is 17.5 Å². The molecule has 142 valence electrons. The summed E-state index contributed by atoms with van der Waals surface area (Å²) in [7, 11) is 0. The third-order valence-electron chi connectivity index (χ3n) is 3.49. The third-order valence-corrected chi connectivity index (χ3v) is 3.49. The van der Waals surface area contributed by atoms with E-state index in [1.807, 2.05) is 41.5 Å². The minimum atomic E-state index is -0.653. The largest absolute Gasteiger partial charge is 0.383 e. The average Bonchev–Trinajstić information content (AvgIpc) is 2.43. The van der Waals surface area contributed by atoms with Crippen LogP contribution in [0.15, 0.2) is 9.59 Å². The van der Waals surface area contributed by atoms with Gasteiger partial charge in [-0.15, -0.1) is 0 Å². The van der Waals surface area contributed by atoms with Gasteiger partial charge < -0.3 is 11.1 Å². The van der Waals surface area contributed by atoms with E-state index in [0.29, 0.717) is 13.1 Å². The van der Waals surface area contributed by atoms with E-state index in [-0.39, 0.29) is 17.4 Å². The molecular weight excluding hydrogens is 322 g/mol. The summed E-state index contributed by atoms with van der Waals surface area (Å²) in [6.45, 7) is 12.1. The van der Waals surface area contributed by atoms with Gasteiger partial charge >= 0.3 is 11.7 Å². The van der Waals surface area contributed by atoms with Gasteiger partial charge in [-0.2, -0.15) is 0 Å². The lowest BCUT2D eigenvalue weighted by molar-refractivity contribution is 0.236. The van der Waals surface area contributed by atoms with Gasteiger partial charge in [-0.3, -0.25) is 19.2 Å². The van der Waals surface area contributed by atoms with Crippen LogP contribution in [0.25, 0.3) is 0 Å². The van der Waals surface area contributed by atoms with Gasteiger partial charge in [0, 0.05) is 18.6 Å². The molecule has 0 bridgehead atoms. The van der Waals surface area contributed by atoms with Gasteiger partial charge in [0.15, 0.2) is 5.69 Å². The summed E-state index contributed by atoms with van der Waals surface area (Å²) in [4.78, 5) is 40.8. The fourth-order valence-electron chi connectivity index (χ4n) is 2.41. The van der Waals surface area contributed by atoms with E-state index in [2.05, 4.69) is 10.3 Å². The number of rotatable bonds is 6. The quantitative estimate of drug-likeness (QED) is 0.724. The first kappa shape index (κ1) is 20.8. The van der Waals surface area contributed by atoms with Crippen molar-refractivity contribution in [3.63, 3.8) is 0 Å². The van der Waals surface area contributed by atoms with Crippen LogP contribution in [0.3, 0.4) is 0 Å². The first-order valence-electron chi connectivity index (χ1n) is 8.70. The number of nitrogen functional groups attached to an aromatic ring is 1. The molecule has 2 amide bonds. The molecular formula is C17H31N5O3. The fraction of sp³-hybridized carbons (Fsp3) is 0.706. The maximum atomic E-state index is 12.7. The van der Waals surface area contributed by atoms with Crippen molar-refractivity contribution in [1.82, 2.24) is 14.9 Å². The highest BCUT2D eigenvalue weighted by Gasteiger charge is 2.27. The number of aromatic nitrogens is 2. The summed E-state index contributed by atoms with van der Waals surface area (Å²) in [5.74, 6) is 0.132. The van der Waals surface area contributed by atoms with Crippen molar-refractivity contribution in [1.29, 1.82) is 0 Å². The molecule has 8 heteroatoms. The second-order valence-electron chi connectivity index (χ2n) is 7.68. The summed E-state index contributed by atoms with van der Waals surface area (Å²) in [6.07, 6.45) is 1.62. The molecule has 0 unspecified atom stereocenters. The Kier molecular flexibility index (Phi) is 6.84. The monoisotopic (exact) mass is 353 g/mol. The molecule has 0 aliphatic heterocycles. The van der Waals surface area contributed by atoms with Gasteiger partial charge in [0.25, 0.3) is 5.56 Å². The molecule has 1 rings (SSSR count). The van der Waals surface area contributed by atoms with Crippen molar-refractivity contribution in [3.8, 4) is 0 Å². The number of carbonyl (C=O) groups excluding carboxylic acids is 1. The second-order valence-corrected chi connectivity index (χ2v) is 7.68. The number of amides is 2. The smallest absolute Gasteiger partial charge is 0.330 e. The van der Waals surface area contributed by atoms with Crippen LogP contribution in [-0.4, -0.2) is 27.7 Å². The van der Waals surface area contributed by atoms with E-state index in [1.165, 1.54) is 9.47 Å². The zero-order valence-corrected chi connectivity index (χ0v) is 16.1. The van der Waals surface area contributed by atoms with Crippen molar-refractivity contribution < 1.29 is 4.79 Å². The summed E-state index contributed by atoms with van der Waals surface area (Å²) in [5.41, 5.74) is 4.47. The maximum Gasteiger partial charge on any atom is 0.330 e. The lowest BCUT2D eigenvalue weighted by Gasteiger charge is -2.30. The van der Waals surface area contributed by atoms with E-state index in [0.717, 1.165) is 12.8 Å². The molecule has 0 saturated carbocycles. The molecule has 0 aliphatic carbocycles. The molecule has 25 heavy (non-hydrogen) atoms. The number of carbonyl (C=O) groups is 1. The number of nitrogens with zero attached hydrogens (tertiary/aromatic N) is 2. The molecule has 4 N–H and O–H groups in total. The molecule has 1 aromatic rings. The first-order chi connectivity index (χ1) is 11.5. The topological polar surface area (TPSA) is 113 Å². The van der Waals surface area contributed by atoms with Crippen LogP contribution in [0.1, 0.15) is 54.4 Å². The Hall–Kier alpha value is -2.25. The fourth-order valence-corrected chi connectivity index (χ4v) is 2.41. The molecule has 8 nitrogen and oxygen atoms in total. The van der Waals surface area contributed by atoms with E-state index in [4.69, 9.17) is 5.73 Å². The minimum absolute atomic E-state index is 0.0196. The zero-order valence-electron chi connectivity index (χ0n) is 16.1. The maximum absolute atomic E-state index is 12.7. The molecule has 0 aromatic carbocycles. The van der Waals surface area contributed by atoms with Crippen LogP contribution in [0.4, 0.5) is 16.3 Å². The average molecular weight is 353 g/mol. The van der Waals surface area contributed by atoms with E-state index >= 15 is 0 Å². The number of anilines is 2. The Labute approximate surface area is 148 Å². The normalized spacial score (nSPS) is 11.6. The van der Waals surface area contributed by atoms with Gasteiger partial charge in [0.05, 0.1) is 0 Å². The summed E-state index contributed by atoms with van der Waals surface area (Å²) in [6, 6.07) is -0.418. The predicted octanol–water partition coefficient (Wildman–Crippen LogP) is 1.89. The summed E-state index contributed by atoms with van der Waals surface area (Å²) >= 11 is 0. The van der Waals surface area contributed by atoms with E-state index in [1.54, 1.807) is 0 Å². The minimum Gasteiger partial charge on any atom is -0.383 e. The summed E-state index contributed by atoms with van der Waals surface area (Å²) < 4.78 is 1.32. The molecule has 0 fully saturated rings. The predicted molar refractivity (Wildman–Crippen MR) is 101 cm³/mol. The molecule has 0 radical (unpaired) electrons. The van der Waals surface area contributed by atoms with Gasteiger partial charge in [-0.25, -0.2) is 9.59 Å². The third kappa shape index (κ3) is 5.65. The molecule has 1 aromatic heterocycles. The number of unbranched alkanes of at least 4 members (excludes halogenated alkanes) is 1. The SMILES string of the molecule is CCCCn1c(N)c(N(CC(C)C)C(=O)NC(C)(C)C)c(=O)[nH]c1=O. The Morgan fingerprint density at radius 3 is 2.40 bits per heavy atom. The standard InChI is InChI=1S/C17H31N5O3/c1-7-8-9-21-13(18)12(14(23)19-15(21)24)22(10-11(2)3)16(25)20-17(4,5)6/h11H,7-10,18H2,1-6H3,(H,20,25)(H,19,23,24). The van der Waals surface area contributed by atoms with Crippen LogP contribution in [0.5, 0.6) is 0 Å². The van der Waals surface area contributed by atoms with Crippen molar-refractivity contribution in [2.24, 2.45) is 5.92 Å². The van der Waals surface area contributed by atoms with E-state index < -0.39 is 22.8 Å². The number of hydrogen-bond donors (Lipinski definition) is 3. The Bertz CT molecular complexity index is 712. The molecule has 0 spiro atoms. The highest BCUT2D eigenvalue weighted by Crippen LogP contribution is 2.19. The molecule has 0 atom stereocenters. The van der Waals surface area contributed by atoms with Crippen LogP contribution in [-0.2, 0) is 6.54 Å². The number of nitrogens with one attached hydrogen (secondary N) is 2. The first-order valence-corrected chi connectivity index (χ1v) is 8.70. The number of H-pyrrole nitrogens is 1. The summed E-state index contributed by atoms with van der Waals surface area (Å²) in [5, 5.41) is 2.85. The number of nitrogens with two attached hydrogens (primary N) is 1. The van der Waals surface area contributed by atoms with Crippen LogP contribution < -0.4 is 27.2 Å². The second kappa shape index (κ2) is 8.22. The van der Waals surface area contributed by atoms with E-state index in [9.17, 15) is 14.4 Å². The Balaban J connectivity index is 3.45. The highest BCUT2D eigenvalue weighted by atomic mass is 16.2. The zero-order chi connectivity index (χ0) is 19.4. The van der Waals surface area contributed by atoms with Gasteiger partial charge in [0.1, 0.15) is 5.82 Å². The van der Waals surface area contributed by atoms with Gasteiger partial charge in [0.2, 0.25) is 0 Å². The molecule has 0 aliphatic rings. The van der Waals surface area contributed by atoms with Gasteiger partial charge in [-0.1, -0.05) is 27.2 Å². The number of urea groups is 1. The van der Waals surface area contributed by atoms with Crippen LogP contribution in [0, 0.1) is 5.92 Å². The van der Waals surface area contributed by atoms with Crippen LogP contribution >= 0.6 is 0 Å². The molecule has 1 heterocycles. The lowest BCUT2D eigenvalue weighted by Crippen LogP contribution is -2.52. The van der Waals surface area contributed by atoms with Gasteiger partial charge in [-0.05, 0) is 33.1 Å². The van der Waals surface area contributed by atoms with Crippen molar-refractivity contribution in [3.05, 3.63) is 20.8 Å². The van der Waals surface area contributed by atoms with Crippen LogP contribution in [0.2, 0.25) is 0 Å². The number of aromatic amines is 1. The highest BCUT2D eigenvalue weighted by molar-refractivity contribution is 5.94.